The molecule has 0 aromatic heterocycles. The van der Waals surface area contributed by atoms with Crippen molar-refractivity contribution in [1.29, 1.82) is 0 Å². The molecule has 5 heteroatoms. The molecule has 0 aromatic rings. The number of carbonyl (C=O) groups excluding carboxylic acids is 2. The van der Waals surface area contributed by atoms with Crippen molar-refractivity contribution in [3.63, 3.8) is 0 Å². The first-order valence-electron chi connectivity index (χ1n) is 8.30. The summed E-state index contributed by atoms with van der Waals surface area (Å²) in [7, 11) is 0. The van der Waals surface area contributed by atoms with Crippen molar-refractivity contribution in [2.75, 3.05) is 19.7 Å². The van der Waals surface area contributed by atoms with Crippen LogP contribution in [0.3, 0.4) is 0 Å². The molecule has 0 saturated heterocycles. The van der Waals surface area contributed by atoms with E-state index in [9.17, 15) is 9.59 Å². The maximum atomic E-state index is 12.5. The van der Waals surface area contributed by atoms with Crippen molar-refractivity contribution in [1.82, 2.24) is 10.6 Å². The minimum absolute atomic E-state index is 0.0145. The van der Waals surface area contributed by atoms with Crippen molar-refractivity contribution >= 4 is 12.0 Å². The SMILES string of the molecule is CCNC(=O)NCCOC(=O)C12CC3CC(CC(C3)C1)C2. The summed E-state index contributed by atoms with van der Waals surface area (Å²) in [6.07, 6.45) is 7.06. The number of hydrogen-bond acceptors (Lipinski definition) is 3. The van der Waals surface area contributed by atoms with Crippen LogP contribution in [-0.4, -0.2) is 31.7 Å². The second-order valence-corrected chi connectivity index (χ2v) is 7.12. The van der Waals surface area contributed by atoms with Gasteiger partial charge < -0.3 is 15.4 Å². The number of urea groups is 1. The molecule has 0 heterocycles. The summed E-state index contributed by atoms with van der Waals surface area (Å²) in [6.45, 7) is 3.12. The van der Waals surface area contributed by atoms with E-state index in [4.69, 9.17) is 4.74 Å². The summed E-state index contributed by atoms with van der Waals surface area (Å²) < 4.78 is 5.47. The normalized spacial score (nSPS) is 36.3. The molecule has 4 saturated carbocycles. The summed E-state index contributed by atoms with van der Waals surface area (Å²) in [5.41, 5.74) is -0.194. The third kappa shape index (κ3) is 3.01. The van der Waals surface area contributed by atoms with Crippen LogP contribution in [0.15, 0.2) is 0 Å². The van der Waals surface area contributed by atoms with Gasteiger partial charge in [0.2, 0.25) is 0 Å². The van der Waals surface area contributed by atoms with E-state index in [1.807, 2.05) is 6.92 Å². The summed E-state index contributed by atoms with van der Waals surface area (Å²) in [5, 5.41) is 5.34. The zero-order valence-electron chi connectivity index (χ0n) is 12.8. The van der Waals surface area contributed by atoms with Crippen molar-refractivity contribution < 1.29 is 14.3 Å². The highest BCUT2D eigenvalue weighted by molar-refractivity contribution is 5.77. The number of hydrogen-bond donors (Lipinski definition) is 2. The molecule has 0 unspecified atom stereocenters. The summed E-state index contributed by atoms with van der Waals surface area (Å²) in [6, 6.07) is -0.205. The first kappa shape index (κ1) is 14.7. The van der Waals surface area contributed by atoms with Gasteiger partial charge in [0.05, 0.1) is 12.0 Å². The zero-order chi connectivity index (χ0) is 14.9. The van der Waals surface area contributed by atoms with Gasteiger partial charge in [0.15, 0.2) is 0 Å². The van der Waals surface area contributed by atoms with Crippen molar-refractivity contribution in [2.24, 2.45) is 23.2 Å². The lowest BCUT2D eigenvalue weighted by atomic mass is 9.49. The molecule has 0 aromatic carbocycles. The Morgan fingerprint density at radius 3 is 2.14 bits per heavy atom. The van der Waals surface area contributed by atoms with Gasteiger partial charge in [-0.1, -0.05) is 0 Å². The van der Waals surface area contributed by atoms with Gasteiger partial charge in [-0.05, 0) is 63.2 Å². The molecule has 2 N–H and O–H groups in total. The quantitative estimate of drug-likeness (QED) is 0.602. The first-order valence-corrected chi connectivity index (χ1v) is 8.30. The van der Waals surface area contributed by atoms with Gasteiger partial charge in [-0.2, -0.15) is 0 Å². The lowest BCUT2D eigenvalue weighted by Crippen LogP contribution is -2.50. The van der Waals surface area contributed by atoms with Gasteiger partial charge in [-0.15, -0.1) is 0 Å². The Balaban J connectivity index is 1.46. The summed E-state index contributed by atoms with van der Waals surface area (Å²) in [4.78, 5) is 23.8. The monoisotopic (exact) mass is 294 g/mol. The molecule has 118 valence electrons. The molecular weight excluding hydrogens is 268 g/mol. The van der Waals surface area contributed by atoms with E-state index in [1.54, 1.807) is 0 Å². The van der Waals surface area contributed by atoms with Crippen LogP contribution in [0.1, 0.15) is 45.4 Å². The third-order valence-corrected chi connectivity index (χ3v) is 5.43. The number of rotatable bonds is 5. The zero-order valence-corrected chi connectivity index (χ0v) is 12.8. The lowest BCUT2D eigenvalue weighted by Gasteiger charge is -2.55. The lowest BCUT2D eigenvalue weighted by molar-refractivity contribution is -0.171. The Bertz CT molecular complexity index is 386. The molecule has 2 amide bonds. The first-order chi connectivity index (χ1) is 10.1. The Morgan fingerprint density at radius 2 is 1.62 bits per heavy atom. The fourth-order valence-corrected chi connectivity index (χ4v) is 5.05. The van der Waals surface area contributed by atoms with Gasteiger partial charge in [0.25, 0.3) is 0 Å². The highest BCUT2D eigenvalue weighted by Crippen LogP contribution is 2.60. The molecule has 4 aliphatic rings. The molecule has 4 bridgehead atoms. The molecule has 4 fully saturated rings. The van der Waals surface area contributed by atoms with Crippen molar-refractivity contribution in [2.45, 2.75) is 45.4 Å². The molecule has 4 rings (SSSR count). The van der Waals surface area contributed by atoms with Crippen LogP contribution >= 0.6 is 0 Å². The Hall–Kier alpha value is -1.26. The van der Waals surface area contributed by atoms with Crippen molar-refractivity contribution in [3.05, 3.63) is 0 Å². The fourth-order valence-electron chi connectivity index (χ4n) is 5.05. The van der Waals surface area contributed by atoms with Gasteiger partial charge in [-0.3, -0.25) is 4.79 Å². The average Bonchev–Trinajstić information content (AvgIpc) is 2.42. The Labute approximate surface area is 126 Å². The average molecular weight is 294 g/mol. The number of amides is 2. The molecule has 0 spiro atoms. The molecule has 5 nitrogen and oxygen atoms in total. The molecule has 0 radical (unpaired) electrons. The van der Waals surface area contributed by atoms with E-state index in [2.05, 4.69) is 10.6 Å². The number of ether oxygens (including phenoxy) is 1. The molecule has 4 aliphatic carbocycles. The summed E-state index contributed by atoms with van der Waals surface area (Å²) >= 11 is 0. The smallest absolute Gasteiger partial charge is 0.314 e. The topological polar surface area (TPSA) is 67.4 Å². The fraction of sp³-hybridized carbons (Fsp3) is 0.875. The van der Waals surface area contributed by atoms with Gasteiger partial charge >= 0.3 is 12.0 Å². The predicted octanol–water partition coefficient (Wildman–Crippen LogP) is 2.07. The highest BCUT2D eigenvalue weighted by Gasteiger charge is 2.55. The van der Waals surface area contributed by atoms with E-state index < -0.39 is 0 Å². The second kappa shape index (κ2) is 5.85. The molecular formula is C16H26N2O3. The Kier molecular flexibility index (Phi) is 4.09. The van der Waals surface area contributed by atoms with Crippen molar-refractivity contribution in [3.8, 4) is 0 Å². The van der Waals surface area contributed by atoms with Crippen LogP contribution in [0, 0.1) is 23.2 Å². The minimum Gasteiger partial charge on any atom is -0.463 e. The van der Waals surface area contributed by atoms with Crippen LogP contribution in [-0.2, 0) is 9.53 Å². The number of nitrogens with one attached hydrogen (secondary N) is 2. The van der Waals surface area contributed by atoms with Gasteiger partial charge in [0, 0.05) is 6.54 Å². The minimum atomic E-state index is -0.205. The molecule has 21 heavy (non-hydrogen) atoms. The third-order valence-electron chi connectivity index (χ3n) is 5.43. The van der Waals surface area contributed by atoms with Crippen LogP contribution in [0.4, 0.5) is 4.79 Å². The maximum Gasteiger partial charge on any atom is 0.314 e. The van der Waals surface area contributed by atoms with Crippen LogP contribution in [0.5, 0.6) is 0 Å². The highest BCUT2D eigenvalue weighted by atomic mass is 16.5. The van der Waals surface area contributed by atoms with E-state index in [1.165, 1.54) is 19.3 Å². The van der Waals surface area contributed by atoms with E-state index in [0.717, 1.165) is 37.0 Å². The number of esters is 1. The van der Waals surface area contributed by atoms with E-state index in [0.29, 0.717) is 13.1 Å². The second-order valence-electron chi connectivity index (χ2n) is 7.12. The largest absolute Gasteiger partial charge is 0.463 e. The standard InChI is InChI=1S/C16H26N2O3/c1-2-17-15(20)18-3-4-21-14(19)16-8-11-5-12(9-16)7-13(6-11)10-16/h11-13H,2-10H2,1H3,(H2,17,18,20). The van der Waals surface area contributed by atoms with Crippen LogP contribution in [0.25, 0.3) is 0 Å². The molecule has 0 atom stereocenters. The van der Waals surface area contributed by atoms with Crippen LogP contribution in [0.2, 0.25) is 0 Å². The van der Waals surface area contributed by atoms with Gasteiger partial charge in [0.1, 0.15) is 6.61 Å². The molecule has 0 aliphatic heterocycles. The van der Waals surface area contributed by atoms with E-state index >= 15 is 0 Å². The predicted molar refractivity (Wildman–Crippen MR) is 78.6 cm³/mol. The number of carbonyl (C=O) groups is 2. The Morgan fingerprint density at radius 1 is 1.05 bits per heavy atom. The van der Waals surface area contributed by atoms with E-state index in [-0.39, 0.29) is 24.0 Å². The summed E-state index contributed by atoms with van der Waals surface area (Å²) in [5.74, 6) is 2.23. The maximum absolute atomic E-state index is 12.5. The van der Waals surface area contributed by atoms with Gasteiger partial charge in [-0.25, -0.2) is 4.79 Å². The van der Waals surface area contributed by atoms with Crippen LogP contribution < -0.4 is 10.6 Å².